The number of carbonyl (C=O) groups excluding carboxylic acids is 1. The maximum atomic E-state index is 16.6. The Morgan fingerprint density at radius 1 is 1.03 bits per heavy atom. The fourth-order valence-corrected chi connectivity index (χ4v) is 5.77. The minimum absolute atomic E-state index is 0.0296. The van der Waals surface area contributed by atoms with Gasteiger partial charge in [0.15, 0.2) is 5.82 Å². The highest BCUT2D eigenvalue weighted by Crippen LogP contribution is 2.42. The van der Waals surface area contributed by atoms with E-state index in [0.29, 0.717) is 54.9 Å². The monoisotopic (exact) mass is 548 g/mol. The Kier molecular flexibility index (Phi) is 6.43. The van der Waals surface area contributed by atoms with Crippen molar-refractivity contribution in [3.05, 3.63) is 53.3 Å². The lowest BCUT2D eigenvalue weighted by Gasteiger charge is -2.43. The zero-order valence-corrected chi connectivity index (χ0v) is 22.9. The number of amides is 1. The topological polar surface area (TPSA) is 76.0 Å². The van der Waals surface area contributed by atoms with Gasteiger partial charge < -0.3 is 24.7 Å². The van der Waals surface area contributed by atoms with E-state index in [4.69, 9.17) is 21.6 Å². The molecule has 10 heteroatoms. The second-order valence-corrected chi connectivity index (χ2v) is 10.9. The van der Waals surface area contributed by atoms with E-state index in [1.165, 1.54) is 0 Å². The average molecular weight is 549 g/mol. The normalized spacial score (nSPS) is 16.4. The number of carbonyl (C=O) groups is 1. The van der Waals surface area contributed by atoms with Crippen molar-refractivity contribution in [1.82, 2.24) is 19.8 Å². The Bertz CT molecular complexity index is 1600. The second-order valence-electron chi connectivity index (χ2n) is 10.5. The maximum Gasteiger partial charge on any atom is 0.228 e. The fourth-order valence-electron chi connectivity index (χ4n) is 5.48. The second kappa shape index (κ2) is 9.81. The molecular formula is C29H30ClFN6O2. The molecule has 8 nitrogen and oxygen atoms in total. The van der Waals surface area contributed by atoms with Crippen LogP contribution in [-0.2, 0) is 4.79 Å². The number of fused-ring (bicyclic) bond motifs is 2. The van der Waals surface area contributed by atoms with Crippen molar-refractivity contribution in [2.24, 2.45) is 0 Å². The van der Waals surface area contributed by atoms with Gasteiger partial charge in [0.25, 0.3) is 0 Å². The largest absolute Gasteiger partial charge is 0.508 e. The molecule has 2 fully saturated rings. The summed E-state index contributed by atoms with van der Waals surface area (Å²) in [5.41, 5.74) is 0.885. The van der Waals surface area contributed by atoms with Crippen LogP contribution in [0.1, 0.15) is 6.92 Å². The van der Waals surface area contributed by atoms with Crippen LogP contribution in [0.15, 0.2) is 42.5 Å². The molecule has 2 aliphatic rings. The summed E-state index contributed by atoms with van der Waals surface area (Å²) in [6.45, 7) is 5.33. The number of hydrogen-bond donors (Lipinski definition) is 1. The van der Waals surface area contributed by atoms with Crippen LogP contribution in [0, 0.1) is 5.82 Å². The number of hydrogen-bond acceptors (Lipinski definition) is 7. The number of rotatable bonds is 4. The van der Waals surface area contributed by atoms with E-state index >= 15 is 4.39 Å². The first kappa shape index (κ1) is 25.6. The number of phenols is 1. The van der Waals surface area contributed by atoms with Gasteiger partial charge >= 0.3 is 0 Å². The molecule has 0 atom stereocenters. The maximum absolute atomic E-state index is 16.6. The van der Waals surface area contributed by atoms with Crippen LogP contribution >= 0.6 is 11.6 Å². The molecule has 4 aromatic rings. The molecule has 3 heterocycles. The van der Waals surface area contributed by atoms with Crippen LogP contribution in [-0.4, -0.2) is 90.2 Å². The Morgan fingerprint density at radius 2 is 1.74 bits per heavy atom. The number of aromatic nitrogens is 2. The first-order valence-corrected chi connectivity index (χ1v) is 13.4. The molecule has 1 amide bonds. The predicted octanol–water partition coefficient (Wildman–Crippen LogP) is 4.37. The highest BCUT2D eigenvalue weighted by molar-refractivity contribution is 6.35. The quantitative estimate of drug-likeness (QED) is 0.406. The molecule has 1 N–H and O–H groups in total. The van der Waals surface area contributed by atoms with Gasteiger partial charge in [0.1, 0.15) is 17.1 Å². The van der Waals surface area contributed by atoms with Crippen LogP contribution < -0.4 is 9.80 Å². The molecule has 0 aliphatic carbocycles. The zero-order valence-electron chi connectivity index (χ0n) is 22.2. The molecular weight excluding hydrogens is 519 g/mol. The van der Waals surface area contributed by atoms with Gasteiger partial charge in [0.2, 0.25) is 11.9 Å². The molecule has 202 valence electrons. The molecule has 0 spiro atoms. The summed E-state index contributed by atoms with van der Waals surface area (Å²) in [5, 5.41) is 12.7. The van der Waals surface area contributed by atoms with Crippen LogP contribution in [0.4, 0.5) is 16.2 Å². The van der Waals surface area contributed by atoms with Gasteiger partial charge in [0.05, 0.1) is 5.02 Å². The fraction of sp³-hybridized carbons (Fsp3) is 0.345. The van der Waals surface area contributed by atoms with Crippen LogP contribution in [0.5, 0.6) is 5.75 Å². The van der Waals surface area contributed by atoms with Gasteiger partial charge in [-0.2, -0.15) is 4.98 Å². The van der Waals surface area contributed by atoms with E-state index in [1.54, 1.807) is 30.0 Å². The van der Waals surface area contributed by atoms with E-state index in [2.05, 4.69) is 14.7 Å². The van der Waals surface area contributed by atoms with Gasteiger partial charge in [-0.05, 0) is 48.6 Å². The van der Waals surface area contributed by atoms with Gasteiger partial charge in [0, 0.05) is 63.2 Å². The first-order chi connectivity index (χ1) is 18.7. The van der Waals surface area contributed by atoms with Crippen molar-refractivity contribution in [2.45, 2.75) is 13.0 Å². The Hall–Kier alpha value is -3.69. The Balaban J connectivity index is 1.52. The van der Waals surface area contributed by atoms with Gasteiger partial charge in [-0.25, -0.2) is 9.37 Å². The molecule has 0 saturated carbocycles. The van der Waals surface area contributed by atoms with E-state index in [9.17, 15) is 9.90 Å². The number of benzene rings is 3. The standard InChI is InChI=1S/C29H30ClFN6O2/c1-17(38)35-8-10-36(11-9-35)28-23-14-24(30)25(22-13-20(39)12-18-6-4-5-7-21(18)22)26(31)27(23)32-29(33-28)37-15-19(16-37)34(2)3/h4-7,12-14,19,39H,8-11,15-16H2,1-3H3. The van der Waals surface area contributed by atoms with Crippen molar-refractivity contribution in [1.29, 1.82) is 0 Å². The molecule has 0 radical (unpaired) electrons. The number of halogens is 2. The van der Waals surface area contributed by atoms with Gasteiger partial charge in [-0.3, -0.25) is 4.79 Å². The van der Waals surface area contributed by atoms with Crippen LogP contribution in [0.2, 0.25) is 5.02 Å². The highest BCUT2D eigenvalue weighted by atomic mass is 35.5. The minimum Gasteiger partial charge on any atom is -0.508 e. The van der Waals surface area contributed by atoms with Crippen molar-refractivity contribution in [2.75, 3.05) is 63.2 Å². The zero-order chi connectivity index (χ0) is 27.4. The van der Waals surface area contributed by atoms with Crippen molar-refractivity contribution in [3.8, 4) is 16.9 Å². The molecule has 2 aliphatic heterocycles. The third-order valence-corrected chi connectivity index (χ3v) is 8.16. The summed E-state index contributed by atoms with van der Waals surface area (Å²) in [7, 11) is 4.08. The summed E-state index contributed by atoms with van der Waals surface area (Å²) < 4.78 is 16.6. The summed E-state index contributed by atoms with van der Waals surface area (Å²) in [6, 6.07) is 12.8. The summed E-state index contributed by atoms with van der Waals surface area (Å²) in [6.07, 6.45) is 0. The summed E-state index contributed by atoms with van der Waals surface area (Å²) in [4.78, 5) is 29.6. The number of phenolic OH excluding ortho intramolecular Hbond substituents is 1. The van der Waals surface area contributed by atoms with Gasteiger partial charge in [-0.15, -0.1) is 0 Å². The number of aromatic hydroxyl groups is 1. The van der Waals surface area contributed by atoms with Crippen molar-refractivity contribution in [3.63, 3.8) is 0 Å². The van der Waals surface area contributed by atoms with Crippen molar-refractivity contribution < 1.29 is 14.3 Å². The Morgan fingerprint density at radius 3 is 2.44 bits per heavy atom. The predicted molar refractivity (Wildman–Crippen MR) is 153 cm³/mol. The SMILES string of the molecule is CC(=O)N1CCN(c2nc(N3CC(N(C)C)C3)nc3c(F)c(-c4cc(O)cc5ccccc45)c(Cl)cc23)CC1. The lowest BCUT2D eigenvalue weighted by Crippen LogP contribution is -2.58. The van der Waals surface area contributed by atoms with Crippen LogP contribution in [0.3, 0.4) is 0 Å². The third-order valence-electron chi connectivity index (χ3n) is 7.87. The summed E-state index contributed by atoms with van der Waals surface area (Å²) >= 11 is 6.80. The lowest BCUT2D eigenvalue weighted by molar-refractivity contribution is -0.129. The lowest BCUT2D eigenvalue weighted by atomic mass is 9.96. The average Bonchev–Trinajstić information content (AvgIpc) is 2.87. The Labute approximate surface area is 231 Å². The smallest absolute Gasteiger partial charge is 0.228 e. The van der Waals surface area contributed by atoms with E-state index in [0.717, 1.165) is 23.9 Å². The third kappa shape index (κ3) is 4.49. The first-order valence-electron chi connectivity index (χ1n) is 13.0. The van der Waals surface area contributed by atoms with Gasteiger partial charge in [-0.1, -0.05) is 35.9 Å². The number of nitrogens with zero attached hydrogens (tertiary/aromatic N) is 6. The van der Waals surface area contributed by atoms with E-state index in [-0.39, 0.29) is 27.8 Å². The highest BCUT2D eigenvalue weighted by Gasteiger charge is 2.33. The molecule has 2 saturated heterocycles. The number of likely N-dealkylation sites (N-methyl/N-ethyl adjacent to an activating group) is 1. The summed E-state index contributed by atoms with van der Waals surface area (Å²) in [5.74, 6) is 0.597. The molecule has 1 aromatic heterocycles. The van der Waals surface area contributed by atoms with Crippen molar-refractivity contribution >= 4 is 50.9 Å². The van der Waals surface area contributed by atoms with E-state index in [1.807, 2.05) is 38.4 Å². The molecule has 39 heavy (non-hydrogen) atoms. The molecule has 3 aromatic carbocycles. The minimum atomic E-state index is -0.551. The van der Waals surface area contributed by atoms with Crippen LogP contribution in [0.25, 0.3) is 32.8 Å². The number of anilines is 2. The number of piperazine rings is 1. The molecule has 6 rings (SSSR count). The molecule has 0 unspecified atom stereocenters. The molecule has 0 bridgehead atoms. The van der Waals surface area contributed by atoms with E-state index < -0.39 is 5.82 Å².